The predicted octanol–water partition coefficient (Wildman–Crippen LogP) is 5.13. The van der Waals surface area contributed by atoms with Crippen molar-refractivity contribution >= 4 is 11.3 Å². The first kappa shape index (κ1) is 15.6. The molecular weight excluding hydrogens is 230 g/mol. The van der Waals surface area contributed by atoms with Crippen LogP contribution in [0, 0.1) is 13.8 Å². The van der Waals surface area contributed by atoms with Gasteiger partial charge in [0.2, 0.25) is 0 Å². The van der Waals surface area contributed by atoms with Gasteiger partial charge in [0.05, 0.1) is 0 Å². The molecular formula is C18H27N. The molecule has 19 heavy (non-hydrogen) atoms. The standard InChI is InChI=1S/C18H27N/c1-7-8-9-10-11-14(2)17-12-15(3)16(4)13-18(17)19(5)6/h7-8,11-13H,9-10H2,1-6H3. The third-order valence-electron chi connectivity index (χ3n) is 3.54. The van der Waals surface area contributed by atoms with E-state index in [0.717, 1.165) is 12.8 Å². The van der Waals surface area contributed by atoms with Crippen LogP contribution in [-0.2, 0) is 0 Å². The zero-order chi connectivity index (χ0) is 14.4. The van der Waals surface area contributed by atoms with Crippen LogP contribution in [0.2, 0.25) is 0 Å². The molecule has 1 aromatic carbocycles. The average Bonchev–Trinajstić information content (AvgIpc) is 2.36. The van der Waals surface area contributed by atoms with Gasteiger partial charge in [-0.05, 0) is 69.4 Å². The van der Waals surface area contributed by atoms with Crippen molar-refractivity contribution in [3.63, 3.8) is 0 Å². The van der Waals surface area contributed by atoms with Gasteiger partial charge >= 0.3 is 0 Å². The number of allylic oxidation sites excluding steroid dienone is 4. The summed E-state index contributed by atoms with van der Waals surface area (Å²) < 4.78 is 0. The Bertz CT molecular complexity index is 479. The lowest BCUT2D eigenvalue weighted by Gasteiger charge is -2.20. The summed E-state index contributed by atoms with van der Waals surface area (Å²) in [7, 11) is 4.22. The van der Waals surface area contributed by atoms with Crippen LogP contribution in [0.3, 0.4) is 0 Å². The topological polar surface area (TPSA) is 3.24 Å². The molecule has 1 rings (SSSR count). The Labute approximate surface area is 118 Å². The highest BCUT2D eigenvalue weighted by molar-refractivity contribution is 5.77. The molecule has 0 aromatic heterocycles. The van der Waals surface area contributed by atoms with Crippen LogP contribution >= 0.6 is 0 Å². The van der Waals surface area contributed by atoms with Crippen molar-refractivity contribution in [2.24, 2.45) is 0 Å². The van der Waals surface area contributed by atoms with Gasteiger partial charge in [-0.3, -0.25) is 0 Å². The SMILES string of the molecule is CC=CCCC=C(C)c1cc(C)c(C)cc1N(C)C. The second-order valence-corrected chi connectivity index (χ2v) is 5.38. The van der Waals surface area contributed by atoms with Crippen LogP contribution in [-0.4, -0.2) is 14.1 Å². The molecule has 0 aliphatic rings. The average molecular weight is 257 g/mol. The maximum absolute atomic E-state index is 2.34. The molecule has 0 heterocycles. The van der Waals surface area contributed by atoms with Gasteiger partial charge in [-0.2, -0.15) is 0 Å². The Kier molecular flexibility index (Phi) is 5.88. The van der Waals surface area contributed by atoms with E-state index in [-0.39, 0.29) is 0 Å². The van der Waals surface area contributed by atoms with E-state index in [0.29, 0.717) is 0 Å². The maximum Gasteiger partial charge on any atom is 0.0440 e. The first-order chi connectivity index (χ1) is 8.97. The van der Waals surface area contributed by atoms with Crippen molar-refractivity contribution in [3.8, 4) is 0 Å². The molecule has 0 saturated carbocycles. The highest BCUT2D eigenvalue weighted by Gasteiger charge is 2.08. The monoisotopic (exact) mass is 257 g/mol. The molecule has 0 fully saturated rings. The van der Waals surface area contributed by atoms with E-state index in [1.54, 1.807) is 0 Å². The molecule has 104 valence electrons. The molecule has 0 unspecified atom stereocenters. The molecule has 0 bridgehead atoms. The number of aryl methyl sites for hydroxylation is 2. The highest BCUT2D eigenvalue weighted by atomic mass is 15.1. The molecule has 0 spiro atoms. The first-order valence-electron chi connectivity index (χ1n) is 7.04. The molecule has 1 aromatic rings. The van der Waals surface area contributed by atoms with Gasteiger partial charge in [-0.1, -0.05) is 18.2 Å². The predicted molar refractivity (Wildman–Crippen MR) is 87.9 cm³/mol. The van der Waals surface area contributed by atoms with E-state index in [4.69, 9.17) is 0 Å². The summed E-state index contributed by atoms with van der Waals surface area (Å²) in [6, 6.07) is 4.60. The summed E-state index contributed by atoms with van der Waals surface area (Å²) in [5.41, 5.74) is 6.75. The molecule has 0 aliphatic heterocycles. The van der Waals surface area contributed by atoms with Crippen molar-refractivity contribution < 1.29 is 0 Å². The fourth-order valence-electron chi connectivity index (χ4n) is 2.16. The summed E-state index contributed by atoms with van der Waals surface area (Å²) >= 11 is 0. The number of rotatable bonds is 5. The lowest BCUT2D eigenvalue weighted by atomic mass is 9.97. The van der Waals surface area contributed by atoms with Crippen molar-refractivity contribution in [2.45, 2.75) is 40.5 Å². The van der Waals surface area contributed by atoms with Gasteiger partial charge in [-0.15, -0.1) is 0 Å². The summed E-state index contributed by atoms with van der Waals surface area (Å²) in [6.45, 7) is 8.65. The lowest BCUT2D eigenvalue weighted by Crippen LogP contribution is -2.11. The third kappa shape index (κ3) is 4.27. The van der Waals surface area contributed by atoms with E-state index >= 15 is 0 Å². The van der Waals surface area contributed by atoms with Crippen molar-refractivity contribution in [2.75, 3.05) is 19.0 Å². The van der Waals surface area contributed by atoms with E-state index in [9.17, 15) is 0 Å². The number of anilines is 1. The van der Waals surface area contributed by atoms with Gasteiger partial charge in [-0.25, -0.2) is 0 Å². The quantitative estimate of drug-likeness (QED) is 0.522. The minimum absolute atomic E-state index is 1.11. The normalized spacial score (nSPS) is 12.2. The van der Waals surface area contributed by atoms with Crippen molar-refractivity contribution in [1.29, 1.82) is 0 Å². The first-order valence-corrected chi connectivity index (χ1v) is 7.04. The molecule has 0 atom stereocenters. The van der Waals surface area contributed by atoms with Gasteiger partial charge < -0.3 is 4.90 Å². The van der Waals surface area contributed by atoms with Crippen LogP contribution in [0.15, 0.2) is 30.4 Å². The fraction of sp³-hybridized carbons (Fsp3) is 0.444. The molecule has 0 saturated heterocycles. The Balaban J connectivity index is 3.07. The summed E-state index contributed by atoms with van der Waals surface area (Å²) in [5, 5.41) is 0. The van der Waals surface area contributed by atoms with Crippen LogP contribution in [0.5, 0.6) is 0 Å². The van der Waals surface area contributed by atoms with E-state index in [2.05, 4.69) is 77.1 Å². The number of nitrogens with zero attached hydrogens (tertiary/aromatic N) is 1. The maximum atomic E-state index is 2.34. The molecule has 0 amide bonds. The van der Waals surface area contributed by atoms with Crippen LogP contribution in [0.4, 0.5) is 5.69 Å². The second kappa shape index (κ2) is 7.18. The summed E-state index contributed by atoms with van der Waals surface area (Å²) in [4.78, 5) is 2.20. The highest BCUT2D eigenvalue weighted by Crippen LogP contribution is 2.29. The van der Waals surface area contributed by atoms with Gasteiger partial charge in [0.25, 0.3) is 0 Å². The van der Waals surface area contributed by atoms with Crippen LogP contribution in [0.1, 0.15) is 43.4 Å². The summed E-state index contributed by atoms with van der Waals surface area (Å²) in [6.07, 6.45) is 8.91. The van der Waals surface area contributed by atoms with E-state index in [1.165, 1.54) is 28.0 Å². The van der Waals surface area contributed by atoms with Gasteiger partial charge in [0.1, 0.15) is 0 Å². The number of hydrogen-bond donors (Lipinski definition) is 0. The Morgan fingerprint density at radius 1 is 1.11 bits per heavy atom. The Hall–Kier alpha value is -1.50. The Morgan fingerprint density at radius 3 is 2.32 bits per heavy atom. The minimum atomic E-state index is 1.11. The summed E-state index contributed by atoms with van der Waals surface area (Å²) in [5.74, 6) is 0. The van der Waals surface area contributed by atoms with E-state index in [1.807, 2.05) is 0 Å². The molecule has 1 heteroatoms. The Morgan fingerprint density at radius 2 is 1.74 bits per heavy atom. The fourth-order valence-corrected chi connectivity index (χ4v) is 2.16. The molecule has 0 N–H and O–H groups in total. The van der Waals surface area contributed by atoms with Crippen molar-refractivity contribution in [3.05, 3.63) is 47.1 Å². The zero-order valence-electron chi connectivity index (χ0n) is 13.2. The molecule has 0 radical (unpaired) electrons. The smallest absolute Gasteiger partial charge is 0.0440 e. The molecule has 0 aliphatic carbocycles. The second-order valence-electron chi connectivity index (χ2n) is 5.38. The van der Waals surface area contributed by atoms with Gasteiger partial charge in [0.15, 0.2) is 0 Å². The van der Waals surface area contributed by atoms with Gasteiger partial charge in [0, 0.05) is 25.3 Å². The minimum Gasteiger partial charge on any atom is -0.377 e. The largest absolute Gasteiger partial charge is 0.377 e. The number of unbranched alkanes of at least 4 members (excludes halogenated alkanes) is 1. The number of benzene rings is 1. The third-order valence-corrected chi connectivity index (χ3v) is 3.54. The zero-order valence-corrected chi connectivity index (χ0v) is 13.2. The van der Waals surface area contributed by atoms with Crippen molar-refractivity contribution in [1.82, 2.24) is 0 Å². The molecule has 1 nitrogen and oxygen atoms in total. The van der Waals surface area contributed by atoms with E-state index < -0.39 is 0 Å². The lowest BCUT2D eigenvalue weighted by molar-refractivity contribution is 1.05. The van der Waals surface area contributed by atoms with Crippen LogP contribution < -0.4 is 4.90 Å². The van der Waals surface area contributed by atoms with Crippen LogP contribution in [0.25, 0.3) is 5.57 Å². The number of hydrogen-bond acceptors (Lipinski definition) is 1.